The summed E-state index contributed by atoms with van der Waals surface area (Å²) in [5.41, 5.74) is 0.540. The second-order valence-corrected chi connectivity index (χ2v) is 15.4. The van der Waals surface area contributed by atoms with Crippen LogP contribution in [0.3, 0.4) is 0 Å². The fraction of sp³-hybridized carbons (Fsp3) is 0.333. The molecule has 13 heteroatoms. The first-order chi connectivity index (χ1) is 23.6. The Morgan fingerprint density at radius 3 is 2.18 bits per heavy atom. The van der Waals surface area contributed by atoms with Crippen LogP contribution in [-0.2, 0) is 19.6 Å². The Labute approximate surface area is 286 Å². The van der Waals surface area contributed by atoms with E-state index in [0.717, 1.165) is 10.4 Å². The SMILES string of the molecule is CC(C)(C)OC[C@H]1O[C@](n2cnc3c(NC(=O)c4ccccc4)ncnc32)([Si](c2ccccc2)c2ccccc2)[C@H](OCC(O)CO)[C@@H]1O. The van der Waals surface area contributed by atoms with Gasteiger partial charge in [0.05, 0.1) is 31.7 Å². The number of aliphatic hydroxyl groups excluding tert-OH is 3. The van der Waals surface area contributed by atoms with E-state index in [4.69, 9.17) is 19.2 Å². The van der Waals surface area contributed by atoms with Gasteiger partial charge in [-0.2, -0.15) is 0 Å². The zero-order chi connectivity index (χ0) is 34.6. The van der Waals surface area contributed by atoms with Crippen LogP contribution in [0.4, 0.5) is 5.82 Å². The Morgan fingerprint density at radius 1 is 0.980 bits per heavy atom. The predicted octanol–water partition coefficient (Wildman–Crippen LogP) is 1.89. The highest BCUT2D eigenvalue weighted by Gasteiger charge is 2.63. The van der Waals surface area contributed by atoms with E-state index < -0.39 is 50.8 Å². The smallest absolute Gasteiger partial charge is 0.256 e. The molecular formula is C36H40N5O7Si. The summed E-state index contributed by atoms with van der Waals surface area (Å²) in [4.78, 5) is 26.9. The first-order valence-electron chi connectivity index (χ1n) is 16.1. The minimum absolute atomic E-state index is 0.0353. The standard InChI is InChI=1S/C36H40N5O7Si/c1-35(2,3)47-21-28-30(44)31(46-20-25(43)19-42)36(48-28,49(26-15-9-5-10-16-26)27-17-11-6-12-18-27)41-23-39-29-32(37-22-38-33(29)41)40-34(45)24-13-7-4-8-14-24/h4-18,22-23,25,28,30-31,42-44H,19-21H2,1-3H3,(H,37,38,40,45)/t25?,28-,30-,31-,36+/m1/s1. The van der Waals surface area contributed by atoms with Crippen LogP contribution < -0.4 is 15.7 Å². The molecule has 1 radical (unpaired) electrons. The van der Waals surface area contributed by atoms with Crippen molar-refractivity contribution in [3.05, 3.63) is 109 Å². The van der Waals surface area contributed by atoms with Gasteiger partial charge in [0.2, 0.25) is 0 Å². The summed E-state index contributed by atoms with van der Waals surface area (Å²) in [6.07, 6.45) is -1.53. The van der Waals surface area contributed by atoms with Crippen LogP contribution in [-0.4, -0.2) is 99.4 Å². The van der Waals surface area contributed by atoms with Crippen LogP contribution in [0.2, 0.25) is 0 Å². The van der Waals surface area contributed by atoms with E-state index in [1.54, 1.807) is 35.2 Å². The van der Waals surface area contributed by atoms with E-state index in [2.05, 4.69) is 15.3 Å². The number of rotatable bonds is 12. The number of nitrogens with one attached hydrogen (secondary N) is 1. The number of benzene rings is 3. The van der Waals surface area contributed by atoms with Gasteiger partial charge in [-0.1, -0.05) is 89.2 Å². The van der Waals surface area contributed by atoms with E-state index in [-0.39, 0.29) is 24.9 Å². The molecule has 1 aliphatic rings. The van der Waals surface area contributed by atoms with E-state index in [9.17, 15) is 20.1 Å². The Hall–Kier alpha value is -4.34. The van der Waals surface area contributed by atoms with Crippen LogP contribution in [0.1, 0.15) is 31.1 Å². The molecule has 0 bridgehead atoms. The molecule has 1 aliphatic heterocycles. The van der Waals surface area contributed by atoms with Gasteiger partial charge in [-0.25, -0.2) is 15.0 Å². The molecule has 12 nitrogen and oxygen atoms in total. The minimum atomic E-state index is -2.18. The third kappa shape index (κ3) is 7.19. The van der Waals surface area contributed by atoms with Crippen molar-refractivity contribution in [2.24, 2.45) is 0 Å². The number of aliphatic hydroxyl groups is 3. The van der Waals surface area contributed by atoms with Crippen molar-refractivity contribution in [2.75, 3.05) is 25.1 Å². The van der Waals surface area contributed by atoms with Gasteiger partial charge < -0.3 is 34.8 Å². The van der Waals surface area contributed by atoms with Crippen LogP contribution in [0, 0.1) is 0 Å². The molecule has 4 N–H and O–H groups in total. The van der Waals surface area contributed by atoms with Gasteiger partial charge in [0.25, 0.3) is 5.91 Å². The molecule has 49 heavy (non-hydrogen) atoms. The third-order valence-corrected chi connectivity index (χ3v) is 11.4. The quantitative estimate of drug-likeness (QED) is 0.143. The third-order valence-electron chi connectivity index (χ3n) is 8.21. The van der Waals surface area contributed by atoms with Crippen molar-refractivity contribution in [1.82, 2.24) is 19.5 Å². The molecule has 2 aromatic heterocycles. The lowest BCUT2D eigenvalue weighted by Gasteiger charge is -2.42. The number of nitrogens with zero attached hydrogens (tertiary/aromatic N) is 4. The van der Waals surface area contributed by atoms with Gasteiger partial charge in [-0.15, -0.1) is 0 Å². The average Bonchev–Trinajstić information content (AvgIpc) is 3.67. The lowest BCUT2D eigenvalue weighted by atomic mass is 10.1. The molecule has 6 rings (SSSR count). The lowest BCUT2D eigenvalue weighted by Crippen LogP contribution is -2.67. The largest absolute Gasteiger partial charge is 0.394 e. The second kappa shape index (κ2) is 14.6. The highest BCUT2D eigenvalue weighted by molar-refractivity contribution is 6.86. The predicted molar refractivity (Wildman–Crippen MR) is 185 cm³/mol. The summed E-state index contributed by atoms with van der Waals surface area (Å²) in [5.74, 6) is -0.172. The molecule has 3 aromatic carbocycles. The second-order valence-electron chi connectivity index (χ2n) is 12.8. The molecule has 5 atom stereocenters. The van der Waals surface area contributed by atoms with Gasteiger partial charge in [0.15, 0.2) is 31.1 Å². The Kier molecular flexibility index (Phi) is 10.3. The molecule has 255 valence electrons. The van der Waals surface area contributed by atoms with Crippen LogP contribution in [0.5, 0.6) is 0 Å². The molecular weight excluding hydrogens is 643 g/mol. The summed E-state index contributed by atoms with van der Waals surface area (Å²) >= 11 is 0. The normalized spacial score (nSPS) is 21.7. The number of amides is 1. The van der Waals surface area contributed by atoms with E-state index >= 15 is 0 Å². The molecule has 0 aliphatic carbocycles. The summed E-state index contributed by atoms with van der Waals surface area (Å²) in [5, 5.41) is 35.5. The maximum atomic E-state index is 13.2. The average molecular weight is 683 g/mol. The zero-order valence-corrected chi connectivity index (χ0v) is 28.5. The number of fused-ring (bicyclic) bond motifs is 1. The summed E-state index contributed by atoms with van der Waals surface area (Å²) < 4.78 is 21.5. The zero-order valence-electron chi connectivity index (χ0n) is 27.5. The number of imidazole rings is 1. The van der Waals surface area contributed by atoms with Crippen molar-refractivity contribution in [2.45, 2.75) is 56.1 Å². The Balaban J connectivity index is 1.57. The lowest BCUT2D eigenvalue weighted by molar-refractivity contribution is -0.131. The molecule has 1 unspecified atom stereocenters. The van der Waals surface area contributed by atoms with E-state index in [0.29, 0.717) is 16.7 Å². The number of hydrogen-bond acceptors (Lipinski definition) is 10. The van der Waals surface area contributed by atoms with Crippen LogP contribution in [0.25, 0.3) is 11.2 Å². The van der Waals surface area contributed by atoms with Crippen molar-refractivity contribution in [1.29, 1.82) is 0 Å². The highest BCUT2D eigenvalue weighted by Crippen LogP contribution is 2.42. The van der Waals surface area contributed by atoms with Gasteiger partial charge in [-0.05, 0) is 32.9 Å². The van der Waals surface area contributed by atoms with Gasteiger partial charge in [-0.3, -0.25) is 9.36 Å². The van der Waals surface area contributed by atoms with Crippen molar-refractivity contribution >= 4 is 42.1 Å². The van der Waals surface area contributed by atoms with Gasteiger partial charge >= 0.3 is 0 Å². The fourth-order valence-electron chi connectivity index (χ4n) is 5.98. The number of anilines is 1. The monoisotopic (exact) mass is 682 g/mol. The fourth-order valence-corrected chi connectivity index (χ4v) is 9.41. The number of carbonyl (C=O) groups is 1. The molecule has 1 fully saturated rings. The minimum Gasteiger partial charge on any atom is -0.394 e. The van der Waals surface area contributed by atoms with Gasteiger partial charge in [0.1, 0.15) is 30.7 Å². The Bertz CT molecular complexity index is 1800. The number of carbonyl (C=O) groups excluding carboxylic acids is 1. The van der Waals surface area contributed by atoms with Crippen molar-refractivity contribution < 1.29 is 34.3 Å². The van der Waals surface area contributed by atoms with Gasteiger partial charge in [0, 0.05) is 5.56 Å². The molecule has 3 heterocycles. The molecule has 1 saturated heterocycles. The number of aromatic nitrogens is 4. The molecule has 0 spiro atoms. The maximum Gasteiger partial charge on any atom is 0.256 e. The number of hydrogen-bond donors (Lipinski definition) is 4. The summed E-state index contributed by atoms with van der Waals surface area (Å²) in [6, 6.07) is 28.5. The van der Waals surface area contributed by atoms with Crippen molar-refractivity contribution in [3.8, 4) is 0 Å². The number of ether oxygens (including phenoxy) is 3. The molecule has 1 amide bonds. The molecule has 0 saturated carbocycles. The van der Waals surface area contributed by atoms with Crippen molar-refractivity contribution in [3.63, 3.8) is 0 Å². The van der Waals surface area contributed by atoms with Crippen LogP contribution in [0.15, 0.2) is 104 Å². The Morgan fingerprint density at radius 2 is 1.59 bits per heavy atom. The summed E-state index contributed by atoms with van der Waals surface area (Å²) in [7, 11) is -2.18. The van der Waals surface area contributed by atoms with E-state index in [1.807, 2.05) is 87.5 Å². The summed E-state index contributed by atoms with van der Waals surface area (Å²) in [6.45, 7) is 4.97. The first kappa shape index (κ1) is 34.5. The molecule has 5 aromatic rings. The van der Waals surface area contributed by atoms with Crippen LogP contribution >= 0.6 is 0 Å². The topological polar surface area (TPSA) is 161 Å². The first-order valence-corrected chi connectivity index (χ1v) is 17.6. The highest BCUT2D eigenvalue weighted by atomic mass is 28.3. The maximum absolute atomic E-state index is 13.2. The van der Waals surface area contributed by atoms with E-state index in [1.165, 1.54) is 6.33 Å².